The second-order valence-corrected chi connectivity index (χ2v) is 8.90. The minimum atomic E-state index is -3.47. The van der Waals surface area contributed by atoms with Gasteiger partial charge >= 0.3 is 0 Å². The zero-order valence-corrected chi connectivity index (χ0v) is 17.3. The van der Waals surface area contributed by atoms with Gasteiger partial charge in [-0.15, -0.1) is 12.4 Å². The Kier molecular flexibility index (Phi) is 8.05. The number of carbonyl (C=O) groups is 1. The van der Waals surface area contributed by atoms with E-state index in [0.29, 0.717) is 43.7 Å². The molecule has 2 aliphatic heterocycles. The Bertz CT molecular complexity index is 709. The Morgan fingerprint density at radius 3 is 2.41 bits per heavy atom. The average molecular weight is 417 g/mol. The van der Waals surface area contributed by atoms with Crippen LogP contribution in [0.3, 0.4) is 0 Å². The van der Waals surface area contributed by atoms with Gasteiger partial charge in [-0.25, -0.2) is 8.42 Å². The van der Waals surface area contributed by atoms with Crippen LogP contribution in [0.15, 0.2) is 35.2 Å². The van der Waals surface area contributed by atoms with Gasteiger partial charge in [0.2, 0.25) is 15.9 Å². The maximum absolute atomic E-state index is 12.7. The van der Waals surface area contributed by atoms with Gasteiger partial charge in [-0.2, -0.15) is 4.31 Å². The first-order valence-electron chi connectivity index (χ1n) is 9.23. The monoisotopic (exact) mass is 416 g/mol. The van der Waals surface area contributed by atoms with Gasteiger partial charge < -0.3 is 10.2 Å². The second-order valence-electron chi connectivity index (χ2n) is 6.96. The summed E-state index contributed by atoms with van der Waals surface area (Å²) >= 11 is 0. The summed E-state index contributed by atoms with van der Waals surface area (Å²) in [6.07, 6.45) is 2.25. The van der Waals surface area contributed by atoms with Gasteiger partial charge in [0.25, 0.3) is 0 Å². The predicted octanol–water partition coefficient (Wildman–Crippen LogP) is 0.625. The highest BCUT2D eigenvalue weighted by Crippen LogP contribution is 2.17. The van der Waals surface area contributed by atoms with Crippen LogP contribution in [0.4, 0.5) is 0 Å². The molecule has 0 spiro atoms. The van der Waals surface area contributed by atoms with Crippen molar-refractivity contribution in [1.29, 1.82) is 0 Å². The van der Waals surface area contributed by atoms with Gasteiger partial charge in [0.15, 0.2) is 0 Å². The molecular weight excluding hydrogens is 388 g/mol. The number of nitrogens with one attached hydrogen (secondary N) is 1. The van der Waals surface area contributed by atoms with Crippen molar-refractivity contribution in [3.05, 3.63) is 30.3 Å². The number of hydrogen-bond acceptors (Lipinski definition) is 5. The number of likely N-dealkylation sites (N-methyl/N-ethyl adjacent to an activating group) is 1. The van der Waals surface area contributed by atoms with Crippen molar-refractivity contribution < 1.29 is 13.2 Å². The first-order chi connectivity index (χ1) is 12.5. The molecule has 2 aliphatic rings. The number of benzene rings is 1. The summed E-state index contributed by atoms with van der Waals surface area (Å²) < 4.78 is 26.8. The lowest BCUT2D eigenvalue weighted by atomic mass is 10.1. The highest BCUT2D eigenvalue weighted by Gasteiger charge is 2.31. The number of halogens is 1. The van der Waals surface area contributed by atoms with Crippen LogP contribution >= 0.6 is 12.4 Å². The van der Waals surface area contributed by atoms with Gasteiger partial charge in [-0.05, 0) is 38.6 Å². The Hall–Kier alpha value is -1.19. The molecule has 2 saturated heterocycles. The SMILES string of the molecule is CNC1CCCN(CC(=O)N2CCN(S(=O)(=O)c3ccccc3)CC2)C1.Cl. The van der Waals surface area contributed by atoms with Crippen molar-refractivity contribution in [2.75, 3.05) is 52.9 Å². The summed E-state index contributed by atoms with van der Waals surface area (Å²) in [6.45, 7) is 3.87. The largest absolute Gasteiger partial charge is 0.339 e. The van der Waals surface area contributed by atoms with E-state index in [1.54, 1.807) is 35.2 Å². The number of hydrogen-bond donors (Lipinski definition) is 1. The Labute approximate surface area is 168 Å². The van der Waals surface area contributed by atoms with Crippen molar-refractivity contribution in [3.63, 3.8) is 0 Å². The van der Waals surface area contributed by atoms with E-state index in [9.17, 15) is 13.2 Å². The third-order valence-corrected chi connectivity index (χ3v) is 7.16. The van der Waals surface area contributed by atoms with Gasteiger partial charge in [-0.1, -0.05) is 18.2 Å². The van der Waals surface area contributed by atoms with E-state index in [-0.39, 0.29) is 18.3 Å². The van der Waals surface area contributed by atoms with Crippen molar-refractivity contribution in [2.24, 2.45) is 0 Å². The van der Waals surface area contributed by atoms with Crippen LogP contribution in [0.25, 0.3) is 0 Å². The zero-order valence-electron chi connectivity index (χ0n) is 15.7. The van der Waals surface area contributed by atoms with E-state index in [1.807, 2.05) is 7.05 Å². The molecule has 1 unspecified atom stereocenters. The van der Waals surface area contributed by atoms with Crippen LogP contribution in [-0.2, 0) is 14.8 Å². The van der Waals surface area contributed by atoms with Gasteiger partial charge in [-0.3, -0.25) is 9.69 Å². The number of amides is 1. The van der Waals surface area contributed by atoms with Gasteiger partial charge in [0.05, 0.1) is 11.4 Å². The number of piperazine rings is 1. The van der Waals surface area contributed by atoms with Crippen molar-refractivity contribution in [3.8, 4) is 0 Å². The minimum absolute atomic E-state index is 0. The third kappa shape index (κ3) is 5.42. The van der Waals surface area contributed by atoms with E-state index >= 15 is 0 Å². The second kappa shape index (κ2) is 9.84. The van der Waals surface area contributed by atoms with Crippen LogP contribution < -0.4 is 5.32 Å². The Morgan fingerprint density at radius 2 is 1.78 bits per heavy atom. The molecule has 2 heterocycles. The molecular formula is C18H29ClN4O3S. The van der Waals surface area contributed by atoms with Gasteiger partial charge in [0, 0.05) is 38.8 Å². The maximum atomic E-state index is 12.7. The van der Waals surface area contributed by atoms with Gasteiger partial charge in [0.1, 0.15) is 0 Å². The van der Waals surface area contributed by atoms with E-state index in [1.165, 1.54) is 4.31 Å². The summed E-state index contributed by atoms with van der Waals surface area (Å²) in [5.74, 6) is 0.0958. The Morgan fingerprint density at radius 1 is 1.11 bits per heavy atom. The predicted molar refractivity (Wildman–Crippen MR) is 108 cm³/mol. The van der Waals surface area contributed by atoms with Crippen molar-refractivity contribution in [2.45, 2.75) is 23.8 Å². The molecule has 1 amide bonds. The minimum Gasteiger partial charge on any atom is -0.339 e. The molecule has 9 heteroatoms. The van der Waals surface area contributed by atoms with Crippen LogP contribution in [0.2, 0.25) is 0 Å². The molecule has 1 aromatic carbocycles. The lowest BCUT2D eigenvalue weighted by Crippen LogP contribution is -2.54. The third-order valence-electron chi connectivity index (χ3n) is 5.24. The molecule has 0 aromatic heterocycles. The van der Waals surface area contributed by atoms with Crippen LogP contribution in [0, 0.1) is 0 Å². The topological polar surface area (TPSA) is 73.0 Å². The van der Waals surface area contributed by atoms with Crippen LogP contribution in [0.1, 0.15) is 12.8 Å². The molecule has 0 aliphatic carbocycles. The number of rotatable bonds is 5. The lowest BCUT2D eigenvalue weighted by Gasteiger charge is -2.37. The Balaban J connectivity index is 0.00000261. The molecule has 152 valence electrons. The van der Waals surface area contributed by atoms with Crippen LogP contribution in [0.5, 0.6) is 0 Å². The summed E-state index contributed by atoms with van der Waals surface area (Å²) in [7, 11) is -1.51. The zero-order chi connectivity index (χ0) is 18.6. The van der Waals surface area contributed by atoms with Crippen LogP contribution in [-0.4, -0.2) is 87.3 Å². The number of carbonyl (C=O) groups excluding carboxylic acids is 1. The average Bonchev–Trinajstić information content (AvgIpc) is 2.69. The van der Waals surface area contributed by atoms with E-state index in [0.717, 1.165) is 25.9 Å². The van der Waals surface area contributed by atoms with Crippen molar-refractivity contribution >= 4 is 28.3 Å². The standard InChI is InChI=1S/C18H28N4O3S.ClH/c1-19-16-6-5-9-20(14-16)15-18(23)21-10-12-22(13-11-21)26(24,25)17-7-3-2-4-8-17;/h2-4,7-8,16,19H,5-6,9-15H2,1H3;1H. The number of piperidine rings is 1. The molecule has 0 bridgehead atoms. The molecule has 2 fully saturated rings. The molecule has 7 nitrogen and oxygen atoms in total. The smallest absolute Gasteiger partial charge is 0.243 e. The molecule has 0 radical (unpaired) electrons. The lowest BCUT2D eigenvalue weighted by molar-refractivity contribution is -0.133. The molecule has 1 aromatic rings. The molecule has 3 rings (SSSR count). The van der Waals surface area contributed by atoms with E-state index in [4.69, 9.17) is 0 Å². The highest BCUT2D eigenvalue weighted by molar-refractivity contribution is 7.89. The number of likely N-dealkylation sites (tertiary alicyclic amines) is 1. The number of sulfonamides is 1. The van der Waals surface area contributed by atoms with Crippen molar-refractivity contribution in [1.82, 2.24) is 19.4 Å². The summed E-state index contributed by atoms with van der Waals surface area (Å²) in [5, 5.41) is 3.28. The molecule has 1 N–H and O–H groups in total. The molecule has 0 saturated carbocycles. The molecule has 27 heavy (non-hydrogen) atoms. The fourth-order valence-corrected chi connectivity index (χ4v) is 5.09. The fourth-order valence-electron chi connectivity index (χ4n) is 3.65. The first-order valence-corrected chi connectivity index (χ1v) is 10.7. The van der Waals surface area contributed by atoms with E-state index in [2.05, 4.69) is 10.2 Å². The summed E-state index contributed by atoms with van der Waals surface area (Å²) in [4.78, 5) is 16.9. The number of nitrogens with zero attached hydrogens (tertiary/aromatic N) is 3. The molecule has 1 atom stereocenters. The fraction of sp³-hybridized carbons (Fsp3) is 0.611. The highest BCUT2D eigenvalue weighted by atomic mass is 35.5. The van der Waals surface area contributed by atoms with E-state index < -0.39 is 10.0 Å². The normalized spacial score (nSPS) is 22.3. The first kappa shape index (κ1) is 22.1. The quantitative estimate of drug-likeness (QED) is 0.762. The summed E-state index contributed by atoms with van der Waals surface area (Å²) in [5.41, 5.74) is 0. The maximum Gasteiger partial charge on any atom is 0.243 e. The summed E-state index contributed by atoms with van der Waals surface area (Å²) in [6, 6.07) is 8.93.